The molecule has 1 N–H and O–H groups in total. The average molecular weight is 400 g/mol. The highest BCUT2D eigenvalue weighted by Crippen LogP contribution is 2.35. The van der Waals surface area contributed by atoms with Crippen molar-refractivity contribution in [2.75, 3.05) is 38.9 Å². The van der Waals surface area contributed by atoms with E-state index in [1.54, 1.807) is 12.0 Å². The lowest BCUT2D eigenvalue weighted by Gasteiger charge is -2.24. The Morgan fingerprint density at radius 2 is 2.00 bits per heavy atom. The van der Waals surface area contributed by atoms with Gasteiger partial charge in [-0.3, -0.25) is 0 Å². The molecule has 0 fully saturated rings. The molecule has 0 unspecified atom stereocenters. The number of rotatable bonds is 9. The SMILES string of the molecule is COCCN(CC(C)C)C(=O)Nc1cccc(COc2ccc3c(c2)OCO3)c1. The summed E-state index contributed by atoms with van der Waals surface area (Å²) in [6.07, 6.45) is 0. The van der Waals surface area contributed by atoms with Crippen LogP contribution in [0.15, 0.2) is 42.5 Å². The summed E-state index contributed by atoms with van der Waals surface area (Å²) in [5.74, 6) is 2.48. The number of methoxy groups -OCH3 is 1. The Balaban J connectivity index is 1.58. The molecule has 0 bridgehead atoms. The normalized spacial score (nSPS) is 12.1. The summed E-state index contributed by atoms with van der Waals surface area (Å²) in [6.45, 7) is 6.50. The van der Waals surface area contributed by atoms with Gasteiger partial charge in [-0.15, -0.1) is 0 Å². The van der Waals surface area contributed by atoms with E-state index in [9.17, 15) is 4.79 Å². The molecule has 1 heterocycles. The van der Waals surface area contributed by atoms with Gasteiger partial charge >= 0.3 is 6.03 Å². The Labute approximate surface area is 171 Å². The first kappa shape index (κ1) is 20.8. The highest BCUT2D eigenvalue weighted by molar-refractivity contribution is 5.89. The molecule has 2 aromatic carbocycles. The fraction of sp³-hybridized carbons (Fsp3) is 0.409. The first-order valence-electron chi connectivity index (χ1n) is 9.71. The lowest BCUT2D eigenvalue weighted by atomic mass is 10.2. The monoisotopic (exact) mass is 400 g/mol. The number of urea groups is 1. The van der Waals surface area contributed by atoms with Crippen molar-refractivity contribution in [1.29, 1.82) is 0 Å². The van der Waals surface area contributed by atoms with E-state index in [0.29, 0.717) is 43.7 Å². The van der Waals surface area contributed by atoms with Crippen molar-refractivity contribution in [3.05, 3.63) is 48.0 Å². The quantitative estimate of drug-likeness (QED) is 0.685. The van der Waals surface area contributed by atoms with Crippen molar-refractivity contribution < 1.29 is 23.7 Å². The minimum atomic E-state index is -0.135. The molecule has 3 rings (SSSR count). The van der Waals surface area contributed by atoms with E-state index in [1.165, 1.54) is 0 Å². The van der Waals surface area contributed by atoms with Gasteiger partial charge in [-0.1, -0.05) is 26.0 Å². The standard InChI is InChI=1S/C22H28N2O5/c1-16(2)13-24(9-10-26-3)22(25)23-18-6-4-5-17(11-18)14-27-19-7-8-20-21(12-19)29-15-28-20/h4-8,11-12,16H,9-10,13-15H2,1-3H3,(H,23,25). The highest BCUT2D eigenvalue weighted by Gasteiger charge is 2.16. The molecule has 1 aliphatic rings. The van der Waals surface area contributed by atoms with Crippen molar-refractivity contribution in [2.24, 2.45) is 5.92 Å². The zero-order chi connectivity index (χ0) is 20.6. The first-order valence-corrected chi connectivity index (χ1v) is 9.71. The molecule has 0 saturated carbocycles. The zero-order valence-corrected chi connectivity index (χ0v) is 17.1. The van der Waals surface area contributed by atoms with Crippen molar-refractivity contribution in [3.63, 3.8) is 0 Å². The van der Waals surface area contributed by atoms with E-state index >= 15 is 0 Å². The third kappa shape index (κ3) is 6.02. The van der Waals surface area contributed by atoms with Crippen LogP contribution in [0.25, 0.3) is 0 Å². The Hall–Kier alpha value is -2.93. The second-order valence-corrected chi connectivity index (χ2v) is 7.27. The predicted molar refractivity (Wildman–Crippen MR) is 111 cm³/mol. The van der Waals surface area contributed by atoms with E-state index in [4.69, 9.17) is 18.9 Å². The molecular weight excluding hydrogens is 372 g/mol. The summed E-state index contributed by atoms with van der Waals surface area (Å²) in [4.78, 5) is 14.4. The van der Waals surface area contributed by atoms with Crippen LogP contribution < -0.4 is 19.5 Å². The summed E-state index contributed by atoms with van der Waals surface area (Å²) in [5.41, 5.74) is 1.68. The number of nitrogens with one attached hydrogen (secondary N) is 1. The van der Waals surface area contributed by atoms with Gasteiger partial charge in [-0.05, 0) is 35.7 Å². The lowest BCUT2D eigenvalue weighted by molar-refractivity contribution is 0.150. The third-order valence-corrected chi connectivity index (χ3v) is 4.37. The number of ether oxygens (including phenoxy) is 4. The Morgan fingerprint density at radius 1 is 1.17 bits per heavy atom. The van der Waals surface area contributed by atoms with Gasteiger partial charge in [-0.25, -0.2) is 4.79 Å². The summed E-state index contributed by atoms with van der Waals surface area (Å²) in [6, 6.07) is 13.0. The minimum absolute atomic E-state index is 0.135. The highest BCUT2D eigenvalue weighted by atomic mass is 16.7. The topological polar surface area (TPSA) is 69.3 Å². The molecule has 7 heteroatoms. The molecule has 1 aliphatic heterocycles. The second-order valence-electron chi connectivity index (χ2n) is 7.27. The van der Waals surface area contributed by atoms with Gasteiger partial charge in [0.2, 0.25) is 6.79 Å². The molecule has 7 nitrogen and oxygen atoms in total. The van der Waals surface area contributed by atoms with Gasteiger partial charge < -0.3 is 29.2 Å². The van der Waals surface area contributed by atoms with Gasteiger partial charge in [0.1, 0.15) is 12.4 Å². The maximum absolute atomic E-state index is 12.7. The second kappa shape index (κ2) is 10.0. The van der Waals surface area contributed by atoms with Gasteiger partial charge in [0.25, 0.3) is 0 Å². The summed E-state index contributed by atoms with van der Waals surface area (Å²) >= 11 is 0. The van der Waals surface area contributed by atoms with Crippen LogP contribution in [0, 0.1) is 5.92 Å². The largest absolute Gasteiger partial charge is 0.489 e. The smallest absolute Gasteiger partial charge is 0.321 e. The summed E-state index contributed by atoms with van der Waals surface area (Å²) < 4.78 is 21.7. The number of amides is 2. The lowest BCUT2D eigenvalue weighted by Crippen LogP contribution is -2.39. The van der Waals surface area contributed by atoms with E-state index < -0.39 is 0 Å². The van der Waals surface area contributed by atoms with Gasteiger partial charge in [-0.2, -0.15) is 0 Å². The molecule has 0 saturated heterocycles. The van der Waals surface area contributed by atoms with Crippen LogP contribution in [0.4, 0.5) is 10.5 Å². The minimum Gasteiger partial charge on any atom is -0.489 e. The number of hydrogen-bond donors (Lipinski definition) is 1. The molecule has 2 amide bonds. The summed E-state index contributed by atoms with van der Waals surface area (Å²) in [7, 11) is 1.63. The predicted octanol–water partition coefficient (Wildman–Crippen LogP) is 4.13. The maximum atomic E-state index is 12.7. The zero-order valence-electron chi connectivity index (χ0n) is 17.1. The average Bonchev–Trinajstić information content (AvgIpc) is 3.17. The van der Waals surface area contributed by atoms with E-state index in [0.717, 1.165) is 17.0 Å². The maximum Gasteiger partial charge on any atom is 0.321 e. The molecule has 2 aromatic rings. The Kier molecular flexibility index (Phi) is 7.19. The van der Waals surface area contributed by atoms with Crippen molar-refractivity contribution in [1.82, 2.24) is 4.90 Å². The fourth-order valence-electron chi connectivity index (χ4n) is 2.99. The van der Waals surface area contributed by atoms with E-state index in [-0.39, 0.29) is 12.8 Å². The molecule has 0 spiro atoms. The van der Waals surface area contributed by atoms with Crippen LogP contribution in [0.5, 0.6) is 17.2 Å². The van der Waals surface area contributed by atoms with Crippen LogP contribution in [-0.2, 0) is 11.3 Å². The van der Waals surface area contributed by atoms with Crippen LogP contribution in [0.2, 0.25) is 0 Å². The van der Waals surface area contributed by atoms with Crippen LogP contribution in [0.1, 0.15) is 19.4 Å². The molecule has 156 valence electrons. The van der Waals surface area contributed by atoms with E-state index in [1.807, 2.05) is 42.5 Å². The molecule has 0 aromatic heterocycles. The fourth-order valence-corrected chi connectivity index (χ4v) is 2.99. The van der Waals surface area contributed by atoms with Crippen molar-refractivity contribution in [3.8, 4) is 17.2 Å². The molecular formula is C22H28N2O5. The number of carbonyl (C=O) groups excluding carboxylic acids is 1. The summed E-state index contributed by atoms with van der Waals surface area (Å²) in [5, 5.41) is 2.97. The molecule has 29 heavy (non-hydrogen) atoms. The Morgan fingerprint density at radius 3 is 2.79 bits per heavy atom. The van der Waals surface area contributed by atoms with Crippen molar-refractivity contribution in [2.45, 2.75) is 20.5 Å². The number of fused-ring (bicyclic) bond motifs is 1. The van der Waals surface area contributed by atoms with Gasteiger partial charge in [0.15, 0.2) is 11.5 Å². The van der Waals surface area contributed by atoms with Gasteiger partial charge in [0, 0.05) is 32.0 Å². The van der Waals surface area contributed by atoms with Crippen LogP contribution in [-0.4, -0.2) is 44.5 Å². The number of nitrogens with zero attached hydrogens (tertiary/aromatic N) is 1. The number of hydrogen-bond acceptors (Lipinski definition) is 5. The Bertz CT molecular complexity index is 825. The molecule has 0 radical (unpaired) electrons. The van der Waals surface area contributed by atoms with Crippen LogP contribution >= 0.6 is 0 Å². The molecule has 0 aliphatic carbocycles. The third-order valence-electron chi connectivity index (χ3n) is 4.37. The van der Waals surface area contributed by atoms with E-state index in [2.05, 4.69) is 19.2 Å². The first-order chi connectivity index (χ1) is 14.0. The number of anilines is 1. The van der Waals surface area contributed by atoms with Crippen molar-refractivity contribution >= 4 is 11.7 Å². The molecule has 0 atom stereocenters. The number of carbonyl (C=O) groups is 1. The number of benzene rings is 2. The van der Waals surface area contributed by atoms with Gasteiger partial charge in [0.05, 0.1) is 6.61 Å². The van der Waals surface area contributed by atoms with Crippen LogP contribution in [0.3, 0.4) is 0 Å².